The SMILES string of the molecule is CC(C)C(NC1CCCc2[nH]c(=O)ccc21)c1cccs1. The Morgan fingerprint density at radius 1 is 1.33 bits per heavy atom. The molecule has 2 N–H and O–H groups in total. The van der Waals surface area contributed by atoms with E-state index in [0.29, 0.717) is 18.0 Å². The van der Waals surface area contributed by atoms with Gasteiger partial charge in [0.05, 0.1) is 0 Å². The second-order valence-corrected chi connectivity index (χ2v) is 7.08. The Kier molecular flexibility index (Phi) is 4.27. The number of aryl methyl sites for hydroxylation is 1. The van der Waals surface area contributed by atoms with Crippen LogP contribution in [0.3, 0.4) is 0 Å². The summed E-state index contributed by atoms with van der Waals surface area (Å²) in [5, 5.41) is 5.96. The number of fused-ring (bicyclic) bond motifs is 1. The van der Waals surface area contributed by atoms with Gasteiger partial charge >= 0.3 is 0 Å². The van der Waals surface area contributed by atoms with Crippen molar-refractivity contribution in [2.75, 3.05) is 0 Å². The fourth-order valence-corrected chi connectivity index (χ4v) is 4.12. The first-order valence-electron chi connectivity index (χ1n) is 7.66. The smallest absolute Gasteiger partial charge is 0.248 e. The first kappa shape index (κ1) is 14.5. The zero-order valence-electron chi connectivity index (χ0n) is 12.6. The van der Waals surface area contributed by atoms with Crippen molar-refractivity contribution in [3.05, 3.63) is 56.1 Å². The molecule has 0 aliphatic heterocycles. The molecule has 0 saturated carbocycles. The monoisotopic (exact) mass is 302 g/mol. The van der Waals surface area contributed by atoms with Gasteiger partial charge in [0.1, 0.15) is 0 Å². The van der Waals surface area contributed by atoms with Gasteiger partial charge in [-0.3, -0.25) is 4.79 Å². The van der Waals surface area contributed by atoms with Crippen LogP contribution in [0.5, 0.6) is 0 Å². The van der Waals surface area contributed by atoms with Crippen LogP contribution in [0.1, 0.15) is 54.9 Å². The number of nitrogens with one attached hydrogen (secondary N) is 2. The van der Waals surface area contributed by atoms with Crippen LogP contribution in [-0.2, 0) is 6.42 Å². The molecule has 0 aromatic carbocycles. The maximum Gasteiger partial charge on any atom is 0.248 e. The molecule has 4 heteroatoms. The number of hydrogen-bond donors (Lipinski definition) is 2. The van der Waals surface area contributed by atoms with Gasteiger partial charge < -0.3 is 10.3 Å². The van der Waals surface area contributed by atoms with Crippen molar-refractivity contribution >= 4 is 11.3 Å². The lowest BCUT2D eigenvalue weighted by atomic mass is 9.89. The summed E-state index contributed by atoms with van der Waals surface area (Å²) in [7, 11) is 0. The quantitative estimate of drug-likeness (QED) is 0.902. The van der Waals surface area contributed by atoms with Crippen molar-refractivity contribution in [2.45, 2.75) is 45.2 Å². The lowest BCUT2D eigenvalue weighted by Gasteiger charge is -2.31. The molecule has 3 rings (SSSR count). The molecular formula is C17H22N2OS. The van der Waals surface area contributed by atoms with Gasteiger partial charge in [-0.1, -0.05) is 26.0 Å². The third kappa shape index (κ3) is 3.11. The Morgan fingerprint density at radius 3 is 2.90 bits per heavy atom. The van der Waals surface area contributed by atoms with Gasteiger partial charge in [-0.2, -0.15) is 0 Å². The van der Waals surface area contributed by atoms with E-state index in [1.165, 1.54) is 10.4 Å². The molecule has 2 aromatic heterocycles. The van der Waals surface area contributed by atoms with E-state index in [9.17, 15) is 4.79 Å². The Balaban J connectivity index is 1.87. The first-order valence-corrected chi connectivity index (χ1v) is 8.54. The average Bonchev–Trinajstić information content (AvgIpc) is 2.97. The Morgan fingerprint density at radius 2 is 2.19 bits per heavy atom. The number of thiophene rings is 1. The van der Waals surface area contributed by atoms with Crippen molar-refractivity contribution in [1.29, 1.82) is 0 Å². The minimum atomic E-state index is 0.00747. The molecule has 2 heterocycles. The fraction of sp³-hybridized carbons (Fsp3) is 0.471. The van der Waals surface area contributed by atoms with Gasteiger partial charge in [0.2, 0.25) is 5.56 Å². The van der Waals surface area contributed by atoms with Crippen molar-refractivity contribution in [3.63, 3.8) is 0 Å². The van der Waals surface area contributed by atoms with Gasteiger partial charge in [-0.15, -0.1) is 11.3 Å². The second-order valence-electron chi connectivity index (χ2n) is 6.11. The maximum absolute atomic E-state index is 11.5. The lowest BCUT2D eigenvalue weighted by Crippen LogP contribution is -2.32. The number of hydrogen-bond acceptors (Lipinski definition) is 3. The Bertz CT molecular complexity index is 645. The molecule has 0 amide bonds. The third-order valence-electron chi connectivity index (χ3n) is 4.23. The topological polar surface area (TPSA) is 44.9 Å². The molecule has 0 radical (unpaired) electrons. The minimum absolute atomic E-state index is 0.00747. The summed E-state index contributed by atoms with van der Waals surface area (Å²) in [6, 6.07) is 8.67. The predicted molar refractivity (Wildman–Crippen MR) is 87.8 cm³/mol. The Hall–Kier alpha value is -1.39. The van der Waals surface area contributed by atoms with E-state index in [1.807, 2.05) is 17.4 Å². The number of rotatable bonds is 4. The number of H-pyrrole nitrogens is 1. The van der Waals surface area contributed by atoms with Crippen LogP contribution in [0.25, 0.3) is 0 Å². The second kappa shape index (κ2) is 6.16. The van der Waals surface area contributed by atoms with E-state index in [2.05, 4.69) is 41.7 Å². The molecule has 1 aliphatic rings. The highest BCUT2D eigenvalue weighted by Crippen LogP contribution is 2.33. The van der Waals surface area contributed by atoms with Crippen LogP contribution in [0.4, 0.5) is 0 Å². The molecule has 2 unspecified atom stereocenters. The molecule has 21 heavy (non-hydrogen) atoms. The van der Waals surface area contributed by atoms with E-state index in [-0.39, 0.29) is 5.56 Å². The standard InChI is InChI=1S/C17H22N2OS/c1-11(2)17(15-7-4-10-21-15)19-14-6-3-5-13-12(14)8-9-16(20)18-13/h4,7-11,14,17,19H,3,5-6H2,1-2H3,(H,18,20). The summed E-state index contributed by atoms with van der Waals surface area (Å²) >= 11 is 1.81. The summed E-state index contributed by atoms with van der Waals surface area (Å²) in [6.07, 6.45) is 3.24. The lowest BCUT2D eigenvalue weighted by molar-refractivity contribution is 0.341. The van der Waals surface area contributed by atoms with E-state index in [1.54, 1.807) is 6.07 Å². The van der Waals surface area contributed by atoms with E-state index in [4.69, 9.17) is 0 Å². The van der Waals surface area contributed by atoms with Gasteiger partial charge in [0.15, 0.2) is 0 Å². The van der Waals surface area contributed by atoms with Crippen LogP contribution >= 0.6 is 11.3 Å². The summed E-state index contributed by atoms with van der Waals surface area (Å²) in [5.41, 5.74) is 2.39. The molecular weight excluding hydrogens is 280 g/mol. The van der Waals surface area contributed by atoms with Gasteiger partial charge in [0, 0.05) is 28.7 Å². The Labute approximate surface area is 129 Å². The van der Waals surface area contributed by atoms with Crippen molar-refractivity contribution < 1.29 is 0 Å². The van der Waals surface area contributed by atoms with E-state index in [0.717, 1.165) is 25.0 Å². The van der Waals surface area contributed by atoms with Crippen LogP contribution < -0.4 is 10.9 Å². The molecule has 3 nitrogen and oxygen atoms in total. The fourth-order valence-electron chi connectivity index (χ4n) is 3.16. The summed E-state index contributed by atoms with van der Waals surface area (Å²) < 4.78 is 0. The normalized spacial score (nSPS) is 19.5. The van der Waals surface area contributed by atoms with Crippen LogP contribution in [-0.4, -0.2) is 4.98 Å². The van der Waals surface area contributed by atoms with Crippen molar-refractivity contribution in [3.8, 4) is 0 Å². The van der Waals surface area contributed by atoms with Gasteiger partial charge in [-0.05, 0) is 42.2 Å². The summed E-state index contributed by atoms with van der Waals surface area (Å²) in [4.78, 5) is 15.9. The van der Waals surface area contributed by atoms with Crippen LogP contribution in [0.2, 0.25) is 0 Å². The van der Waals surface area contributed by atoms with Gasteiger partial charge in [0.25, 0.3) is 0 Å². The number of aromatic amines is 1. The zero-order chi connectivity index (χ0) is 14.8. The zero-order valence-corrected chi connectivity index (χ0v) is 13.4. The highest BCUT2D eigenvalue weighted by molar-refractivity contribution is 7.10. The highest BCUT2D eigenvalue weighted by Gasteiger charge is 2.25. The van der Waals surface area contributed by atoms with E-state index < -0.39 is 0 Å². The molecule has 2 aromatic rings. The molecule has 0 bridgehead atoms. The first-order chi connectivity index (χ1) is 10.1. The van der Waals surface area contributed by atoms with Gasteiger partial charge in [-0.25, -0.2) is 0 Å². The van der Waals surface area contributed by atoms with Crippen molar-refractivity contribution in [2.24, 2.45) is 5.92 Å². The third-order valence-corrected chi connectivity index (χ3v) is 5.18. The van der Waals surface area contributed by atoms with Crippen LogP contribution in [0, 0.1) is 5.92 Å². The summed E-state index contributed by atoms with van der Waals surface area (Å²) in [6.45, 7) is 4.52. The average molecular weight is 302 g/mol. The van der Waals surface area contributed by atoms with E-state index >= 15 is 0 Å². The molecule has 0 spiro atoms. The van der Waals surface area contributed by atoms with Crippen LogP contribution in [0.15, 0.2) is 34.4 Å². The van der Waals surface area contributed by atoms with Crippen molar-refractivity contribution in [1.82, 2.24) is 10.3 Å². The maximum atomic E-state index is 11.5. The summed E-state index contributed by atoms with van der Waals surface area (Å²) in [5.74, 6) is 0.539. The minimum Gasteiger partial charge on any atom is -0.326 e. The largest absolute Gasteiger partial charge is 0.326 e. The predicted octanol–water partition coefficient (Wildman–Crippen LogP) is 3.80. The molecule has 1 aliphatic carbocycles. The molecule has 112 valence electrons. The molecule has 0 saturated heterocycles. The highest BCUT2D eigenvalue weighted by atomic mass is 32.1. The number of pyridine rings is 1. The molecule has 2 atom stereocenters. The number of aromatic nitrogens is 1. The molecule has 0 fully saturated rings.